The minimum absolute atomic E-state index is 0.0839. The van der Waals surface area contributed by atoms with Crippen molar-refractivity contribution in [3.63, 3.8) is 0 Å². The molecular weight excluding hydrogens is 228 g/mol. The summed E-state index contributed by atoms with van der Waals surface area (Å²) in [5, 5.41) is 0. The van der Waals surface area contributed by atoms with Crippen molar-refractivity contribution in [1.82, 2.24) is 0 Å². The van der Waals surface area contributed by atoms with Crippen LogP contribution in [-0.4, -0.2) is 25.6 Å². The van der Waals surface area contributed by atoms with Gasteiger partial charge in [-0.15, -0.1) is 0 Å². The third-order valence-corrected chi connectivity index (χ3v) is 3.99. The molecule has 1 aliphatic rings. The van der Waals surface area contributed by atoms with Crippen molar-refractivity contribution < 1.29 is 14.2 Å². The Hall–Kier alpha value is -0.540. The molecule has 2 atom stereocenters. The fourth-order valence-electron chi connectivity index (χ4n) is 2.68. The fourth-order valence-corrected chi connectivity index (χ4v) is 2.68. The molecule has 0 aliphatic carbocycles. The molecule has 0 amide bonds. The maximum absolute atomic E-state index is 5.92. The average molecular weight is 256 g/mol. The van der Waals surface area contributed by atoms with Crippen molar-refractivity contribution >= 4 is 0 Å². The number of rotatable bonds is 7. The SMILES string of the molecule is CC=COCCCC1(C)CCCOC1(C)OCC. The van der Waals surface area contributed by atoms with Gasteiger partial charge in [-0.1, -0.05) is 13.0 Å². The zero-order valence-corrected chi connectivity index (χ0v) is 12.3. The molecule has 0 saturated carbocycles. The summed E-state index contributed by atoms with van der Waals surface area (Å²) >= 11 is 0. The molecular formula is C15H28O3. The molecule has 1 heterocycles. The molecule has 0 radical (unpaired) electrons. The summed E-state index contributed by atoms with van der Waals surface area (Å²) in [6, 6.07) is 0. The molecule has 0 N–H and O–H groups in total. The topological polar surface area (TPSA) is 27.7 Å². The van der Waals surface area contributed by atoms with Crippen LogP contribution >= 0.6 is 0 Å². The van der Waals surface area contributed by atoms with E-state index in [-0.39, 0.29) is 5.41 Å². The third kappa shape index (κ3) is 3.72. The summed E-state index contributed by atoms with van der Waals surface area (Å²) in [6.45, 7) is 10.6. The van der Waals surface area contributed by atoms with E-state index in [4.69, 9.17) is 14.2 Å². The van der Waals surface area contributed by atoms with Crippen LogP contribution in [0.2, 0.25) is 0 Å². The van der Waals surface area contributed by atoms with Crippen molar-refractivity contribution in [1.29, 1.82) is 0 Å². The first kappa shape index (κ1) is 15.5. The predicted molar refractivity (Wildman–Crippen MR) is 73.3 cm³/mol. The van der Waals surface area contributed by atoms with Crippen LogP contribution in [0, 0.1) is 5.41 Å². The van der Waals surface area contributed by atoms with Gasteiger partial charge in [-0.25, -0.2) is 0 Å². The zero-order valence-electron chi connectivity index (χ0n) is 12.3. The Balaban J connectivity index is 2.51. The van der Waals surface area contributed by atoms with Crippen LogP contribution in [-0.2, 0) is 14.2 Å². The summed E-state index contributed by atoms with van der Waals surface area (Å²) in [4.78, 5) is 0. The van der Waals surface area contributed by atoms with Crippen LogP contribution in [0.1, 0.15) is 53.4 Å². The Morgan fingerprint density at radius 3 is 2.78 bits per heavy atom. The van der Waals surface area contributed by atoms with Crippen LogP contribution in [0.15, 0.2) is 12.3 Å². The lowest BCUT2D eigenvalue weighted by Gasteiger charge is -2.49. The standard InChI is InChI=1S/C15H28O3/c1-5-11-16-12-7-9-14(3)10-8-13-18-15(14,4)17-6-2/h5,11H,6-10,12-13H2,1-4H3. The first-order valence-electron chi connectivity index (χ1n) is 7.08. The number of hydrogen-bond donors (Lipinski definition) is 0. The Morgan fingerprint density at radius 1 is 1.33 bits per heavy atom. The van der Waals surface area contributed by atoms with E-state index in [9.17, 15) is 0 Å². The third-order valence-electron chi connectivity index (χ3n) is 3.99. The monoisotopic (exact) mass is 256 g/mol. The normalized spacial score (nSPS) is 32.9. The largest absolute Gasteiger partial charge is 0.502 e. The van der Waals surface area contributed by atoms with Crippen LogP contribution in [0.25, 0.3) is 0 Å². The summed E-state index contributed by atoms with van der Waals surface area (Å²) in [5.74, 6) is -0.444. The van der Waals surface area contributed by atoms with Crippen LogP contribution < -0.4 is 0 Å². The van der Waals surface area contributed by atoms with E-state index >= 15 is 0 Å². The molecule has 3 heteroatoms. The first-order chi connectivity index (χ1) is 8.58. The van der Waals surface area contributed by atoms with Gasteiger partial charge in [0.25, 0.3) is 0 Å². The van der Waals surface area contributed by atoms with Gasteiger partial charge in [-0.05, 0) is 46.5 Å². The van der Waals surface area contributed by atoms with E-state index in [0.29, 0.717) is 6.61 Å². The highest BCUT2D eigenvalue weighted by Crippen LogP contribution is 2.46. The van der Waals surface area contributed by atoms with Crippen LogP contribution in [0.4, 0.5) is 0 Å². The van der Waals surface area contributed by atoms with Crippen molar-refractivity contribution in [2.24, 2.45) is 5.41 Å². The van der Waals surface area contributed by atoms with E-state index in [2.05, 4.69) is 13.8 Å². The van der Waals surface area contributed by atoms with E-state index in [1.807, 2.05) is 19.9 Å². The Labute approximate surface area is 111 Å². The number of ether oxygens (including phenoxy) is 3. The fraction of sp³-hybridized carbons (Fsp3) is 0.867. The second kappa shape index (κ2) is 7.15. The molecule has 106 valence electrons. The van der Waals surface area contributed by atoms with Gasteiger partial charge in [0, 0.05) is 12.0 Å². The Morgan fingerprint density at radius 2 is 2.11 bits per heavy atom. The Kier molecular flexibility index (Phi) is 6.16. The van der Waals surface area contributed by atoms with Gasteiger partial charge < -0.3 is 14.2 Å². The van der Waals surface area contributed by atoms with Gasteiger partial charge in [-0.3, -0.25) is 0 Å². The summed E-state index contributed by atoms with van der Waals surface area (Å²) in [7, 11) is 0. The van der Waals surface area contributed by atoms with Crippen molar-refractivity contribution in [3.8, 4) is 0 Å². The summed E-state index contributed by atoms with van der Waals surface area (Å²) in [5.41, 5.74) is 0.0839. The minimum Gasteiger partial charge on any atom is -0.502 e. The highest BCUT2D eigenvalue weighted by Gasteiger charge is 2.48. The molecule has 1 fully saturated rings. The second-order valence-corrected chi connectivity index (χ2v) is 5.34. The predicted octanol–water partition coefficient (Wildman–Crippen LogP) is 3.89. The Bertz CT molecular complexity index is 260. The first-order valence-corrected chi connectivity index (χ1v) is 7.08. The van der Waals surface area contributed by atoms with E-state index < -0.39 is 5.79 Å². The minimum atomic E-state index is -0.444. The van der Waals surface area contributed by atoms with Gasteiger partial charge in [0.2, 0.25) is 0 Å². The summed E-state index contributed by atoms with van der Waals surface area (Å²) in [6.07, 6.45) is 8.05. The van der Waals surface area contributed by atoms with Gasteiger partial charge in [-0.2, -0.15) is 0 Å². The smallest absolute Gasteiger partial charge is 0.170 e. The molecule has 1 rings (SSSR count). The number of hydrogen-bond acceptors (Lipinski definition) is 3. The molecule has 2 unspecified atom stereocenters. The highest BCUT2D eigenvalue weighted by atomic mass is 16.7. The highest BCUT2D eigenvalue weighted by molar-refractivity contribution is 4.90. The lowest BCUT2D eigenvalue weighted by atomic mass is 9.73. The molecule has 0 spiro atoms. The maximum Gasteiger partial charge on any atom is 0.170 e. The van der Waals surface area contributed by atoms with Gasteiger partial charge in [0.05, 0.1) is 19.5 Å². The van der Waals surface area contributed by atoms with Gasteiger partial charge >= 0.3 is 0 Å². The van der Waals surface area contributed by atoms with E-state index in [1.54, 1.807) is 6.26 Å². The molecule has 1 saturated heterocycles. The molecule has 0 aromatic rings. The van der Waals surface area contributed by atoms with E-state index in [0.717, 1.165) is 38.9 Å². The van der Waals surface area contributed by atoms with Gasteiger partial charge in [0.1, 0.15) is 0 Å². The van der Waals surface area contributed by atoms with Gasteiger partial charge in [0.15, 0.2) is 5.79 Å². The molecule has 1 aliphatic heterocycles. The van der Waals surface area contributed by atoms with Crippen LogP contribution in [0.5, 0.6) is 0 Å². The molecule has 0 aromatic heterocycles. The molecule has 18 heavy (non-hydrogen) atoms. The molecule has 0 aromatic carbocycles. The van der Waals surface area contributed by atoms with E-state index in [1.165, 1.54) is 0 Å². The van der Waals surface area contributed by atoms with Crippen molar-refractivity contribution in [2.75, 3.05) is 19.8 Å². The van der Waals surface area contributed by atoms with Crippen molar-refractivity contribution in [2.45, 2.75) is 59.2 Å². The lowest BCUT2D eigenvalue weighted by Crippen LogP contribution is -2.51. The van der Waals surface area contributed by atoms with Crippen molar-refractivity contribution in [3.05, 3.63) is 12.3 Å². The average Bonchev–Trinajstić information content (AvgIpc) is 2.34. The molecule has 0 bridgehead atoms. The number of allylic oxidation sites excluding steroid dienone is 1. The lowest BCUT2D eigenvalue weighted by molar-refractivity contribution is -0.306. The zero-order chi connectivity index (χ0) is 13.5. The van der Waals surface area contributed by atoms with Crippen LogP contribution in [0.3, 0.4) is 0 Å². The summed E-state index contributed by atoms with van der Waals surface area (Å²) < 4.78 is 17.2. The second-order valence-electron chi connectivity index (χ2n) is 5.34. The quantitative estimate of drug-likeness (QED) is 0.511. The molecule has 3 nitrogen and oxygen atoms in total. The maximum atomic E-state index is 5.92.